The SMILES string of the molecule is COC(=O)[C@H](C)C[C@H](NC(=O)c1cccc(F)c1F)C(=O)OC. The average molecular weight is 329 g/mol. The van der Waals surface area contributed by atoms with Crippen molar-refractivity contribution in [3.8, 4) is 0 Å². The predicted molar refractivity (Wildman–Crippen MR) is 75.4 cm³/mol. The van der Waals surface area contributed by atoms with E-state index in [4.69, 9.17) is 0 Å². The standard InChI is InChI=1S/C15H17F2NO5/c1-8(14(20)22-2)7-11(15(21)23-3)18-13(19)9-5-4-6-10(16)12(9)17/h4-6,8,11H,7H2,1-3H3,(H,18,19)/t8-,11+/m1/s1. The van der Waals surface area contributed by atoms with Crippen molar-refractivity contribution in [1.82, 2.24) is 5.32 Å². The molecule has 0 aliphatic rings. The van der Waals surface area contributed by atoms with Crippen LogP contribution in [0.4, 0.5) is 8.78 Å². The molecule has 0 heterocycles. The predicted octanol–water partition coefficient (Wildman–Crippen LogP) is 1.44. The molecule has 1 N–H and O–H groups in total. The second-order valence-corrected chi connectivity index (χ2v) is 4.81. The van der Waals surface area contributed by atoms with Gasteiger partial charge in [0.05, 0.1) is 25.7 Å². The lowest BCUT2D eigenvalue weighted by Gasteiger charge is -2.19. The molecule has 0 radical (unpaired) electrons. The molecule has 8 heteroatoms. The Labute approximate surface area is 131 Å². The van der Waals surface area contributed by atoms with Gasteiger partial charge in [-0.3, -0.25) is 9.59 Å². The molecule has 2 atom stereocenters. The molecule has 0 spiro atoms. The molecule has 126 valence electrons. The van der Waals surface area contributed by atoms with Gasteiger partial charge in [-0.1, -0.05) is 13.0 Å². The molecule has 0 aliphatic heterocycles. The van der Waals surface area contributed by atoms with Gasteiger partial charge in [0.25, 0.3) is 5.91 Å². The van der Waals surface area contributed by atoms with Crippen molar-refractivity contribution in [3.63, 3.8) is 0 Å². The van der Waals surface area contributed by atoms with E-state index < -0.39 is 47.0 Å². The van der Waals surface area contributed by atoms with E-state index in [2.05, 4.69) is 14.8 Å². The van der Waals surface area contributed by atoms with Crippen LogP contribution < -0.4 is 5.32 Å². The number of hydrogen-bond donors (Lipinski definition) is 1. The van der Waals surface area contributed by atoms with E-state index >= 15 is 0 Å². The summed E-state index contributed by atoms with van der Waals surface area (Å²) in [5.74, 6) is -5.60. The van der Waals surface area contributed by atoms with Gasteiger partial charge in [0.15, 0.2) is 11.6 Å². The molecule has 0 saturated carbocycles. The lowest BCUT2D eigenvalue weighted by Crippen LogP contribution is -2.43. The number of benzene rings is 1. The van der Waals surface area contributed by atoms with Gasteiger partial charge in [-0.25, -0.2) is 13.6 Å². The van der Waals surface area contributed by atoms with Crippen LogP contribution in [0.3, 0.4) is 0 Å². The Bertz CT molecular complexity index is 606. The van der Waals surface area contributed by atoms with Crippen molar-refractivity contribution in [3.05, 3.63) is 35.4 Å². The fourth-order valence-corrected chi connectivity index (χ4v) is 1.92. The van der Waals surface area contributed by atoms with Crippen molar-refractivity contribution >= 4 is 17.8 Å². The summed E-state index contributed by atoms with van der Waals surface area (Å²) in [4.78, 5) is 35.2. The van der Waals surface area contributed by atoms with E-state index in [1.807, 2.05) is 0 Å². The highest BCUT2D eigenvalue weighted by atomic mass is 19.2. The van der Waals surface area contributed by atoms with Crippen LogP contribution in [0.1, 0.15) is 23.7 Å². The molecule has 0 fully saturated rings. The van der Waals surface area contributed by atoms with Gasteiger partial charge in [0.2, 0.25) is 0 Å². The molecule has 1 amide bonds. The number of methoxy groups -OCH3 is 2. The van der Waals surface area contributed by atoms with E-state index in [1.165, 1.54) is 14.0 Å². The van der Waals surface area contributed by atoms with Crippen LogP contribution in [0.5, 0.6) is 0 Å². The monoisotopic (exact) mass is 329 g/mol. The lowest BCUT2D eigenvalue weighted by molar-refractivity contribution is -0.147. The molecule has 1 aromatic rings. The zero-order valence-electron chi connectivity index (χ0n) is 12.9. The van der Waals surface area contributed by atoms with E-state index in [0.29, 0.717) is 0 Å². The van der Waals surface area contributed by atoms with Gasteiger partial charge in [0.1, 0.15) is 6.04 Å². The molecule has 0 bridgehead atoms. The number of esters is 2. The maximum absolute atomic E-state index is 13.6. The first-order valence-corrected chi connectivity index (χ1v) is 6.72. The summed E-state index contributed by atoms with van der Waals surface area (Å²) >= 11 is 0. The van der Waals surface area contributed by atoms with Crippen LogP contribution in [0, 0.1) is 17.6 Å². The van der Waals surface area contributed by atoms with E-state index in [-0.39, 0.29) is 6.42 Å². The minimum Gasteiger partial charge on any atom is -0.469 e. The van der Waals surface area contributed by atoms with Crippen LogP contribution in [-0.2, 0) is 19.1 Å². The molecular weight excluding hydrogens is 312 g/mol. The Kier molecular flexibility index (Phi) is 6.62. The Morgan fingerprint density at radius 1 is 1.13 bits per heavy atom. The normalized spacial score (nSPS) is 12.9. The number of hydrogen-bond acceptors (Lipinski definition) is 5. The summed E-state index contributed by atoms with van der Waals surface area (Å²) in [7, 11) is 2.29. The average Bonchev–Trinajstić information content (AvgIpc) is 2.54. The Hall–Kier alpha value is -2.51. The highest BCUT2D eigenvalue weighted by Gasteiger charge is 2.28. The number of carbonyl (C=O) groups excluding carboxylic acids is 3. The first-order valence-electron chi connectivity index (χ1n) is 6.72. The number of halogens is 2. The largest absolute Gasteiger partial charge is 0.469 e. The minimum absolute atomic E-state index is 0.109. The molecule has 0 unspecified atom stereocenters. The van der Waals surface area contributed by atoms with Gasteiger partial charge in [-0.15, -0.1) is 0 Å². The van der Waals surface area contributed by atoms with E-state index in [0.717, 1.165) is 25.3 Å². The fraction of sp³-hybridized carbons (Fsp3) is 0.400. The molecular formula is C15H17F2NO5. The minimum atomic E-state index is -1.32. The van der Waals surface area contributed by atoms with E-state index in [1.54, 1.807) is 0 Å². The molecule has 23 heavy (non-hydrogen) atoms. The summed E-state index contributed by atoms with van der Waals surface area (Å²) in [6, 6.07) is 1.90. The van der Waals surface area contributed by atoms with Crippen LogP contribution in [0.15, 0.2) is 18.2 Å². The second kappa shape index (κ2) is 8.21. The Morgan fingerprint density at radius 2 is 1.74 bits per heavy atom. The first kappa shape index (κ1) is 18.5. The number of nitrogens with one attached hydrogen (secondary N) is 1. The highest BCUT2D eigenvalue weighted by molar-refractivity contribution is 5.97. The number of amides is 1. The molecule has 6 nitrogen and oxygen atoms in total. The molecule has 0 aromatic heterocycles. The zero-order chi connectivity index (χ0) is 17.6. The highest BCUT2D eigenvalue weighted by Crippen LogP contribution is 2.14. The summed E-state index contributed by atoms with van der Waals surface area (Å²) in [5.41, 5.74) is -0.551. The number of rotatable bonds is 6. The summed E-state index contributed by atoms with van der Waals surface area (Å²) in [6.07, 6.45) is -0.109. The molecule has 0 saturated heterocycles. The Morgan fingerprint density at radius 3 is 2.30 bits per heavy atom. The molecule has 0 aliphatic carbocycles. The van der Waals surface area contributed by atoms with Crippen molar-refractivity contribution in [2.24, 2.45) is 5.92 Å². The quantitative estimate of drug-likeness (QED) is 0.799. The third-order valence-corrected chi connectivity index (χ3v) is 3.18. The third-order valence-electron chi connectivity index (χ3n) is 3.18. The van der Waals surface area contributed by atoms with E-state index in [9.17, 15) is 23.2 Å². The third kappa shape index (κ3) is 4.73. The van der Waals surface area contributed by atoms with Crippen molar-refractivity contribution in [1.29, 1.82) is 0 Å². The summed E-state index contributed by atoms with van der Waals surface area (Å²) < 4.78 is 35.8. The van der Waals surface area contributed by atoms with Crippen LogP contribution in [0.25, 0.3) is 0 Å². The first-order chi connectivity index (χ1) is 10.8. The number of carbonyl (C=O) groups is 3. The van der Waals surface area contributed by atoms with Crippen LogP contribution in [0.2, 0.25) is 0 Å². The van der Waals surface area contributed by atoms with Crippen molar-refractivity contribution in [2.75, 3.05) is 14.2 Å². The van der Waals surface area contributed by atoms with Gasteiger partial charge < -0.3 is 14.8 Å². The van der Waals surface area contributed by atoms with Crippen LogP contribution in [-0.4, -0.2) is 38.1 Å². The van der Waals surface area contributed by atoms with Gasteiger partial charge in [-0.2, -0.15) is 0 Å². The van der Waals surface area contributed by atoms with Crippen LogP contribution >= 0.6 is 0 Å². The maximum Gasteiger partial charge on any atom is 0.328 e. The summed E-state index contributed by atoms with van der Waals surface area (Å²) in [5, 5.41) is 2.23. The summed E-state index contributed by atoms with van der Waals surface area (Å²) in [6.45, 7) is 1.50. The van der Waals surface area contributed by atoms with Gasteiger partial charge >= 0.3 is 11.9 Å². The van der Waals surface area contributed by atoms with Gasteiger partial charge in [0, 0.05) is 0 Å². The second-order valence-electron chi connectivity index (χ2n) is 4.81. The molecule has 1 rings (SSSR count). The maximum atomic E-state index is 13.6. The lowest BCUT2D eigenvalue weighted by atomic mass is 10.0. The smallest absolute Gasteiger partial charge is 0.328 e. The topological polar surface area (TPSA) is 81.7 Å². The van der Waals surface area contributed by atoms with Gasteiger partial charge in [-0.05, 0) is 18.6 Å². The number of ether oxygens (including phenoxy) is 2. The zero-order valence-corrected chi connectivity index (χ0v) is 12.9. The van der Waals surface area contributed by atoms with Crippen molar-refractivity contribution < 1.29 is 32.6 Å². The van der Waals surface area contributed by atoms with Crippen molar-refractivity contribution in [2.45, 2.75) is 19.4 Å². The fourth-order valence-electron chi connectivity index (χ4n) is 1.92. The Balaban J connectivity index is 2.93. The molecule has 1 aromatic carbocycles.